The molecule has 0 saturated carbocycles. The van der Waals surface area contributed by atoms with E-state index in [-0.39, 0.29) is 12.0 Å². The molecule has 2 heterocycles. The average molecular weight is 353 g/mol. The zero-order chi connectivity index (χ0) is 18.7. The molecule has 0 spiro atoms. The Kier molecular flexibility index (Phi) is 5.57. The summed E-state index contributed by atoms with van der Waals surface area (Å²) in [5.41, 5.74) is 5.50. The zero-order valence-electron chi connectivity index (χ0n) is 16.0. The van der Waals surface area contributed by atoms with Crippen LogP contribution in [0.25, 0.3) is 6.08 Å². The maximum atomic E-state index is 12.4. The lowest BCUT2D eigenvalue weighted by molar-refractivity contribution is -0.132. The summed E-state index contributed by atoms with van der Waals surface area (Å²) in [7, 11) is 0. The minimum atomic E-state index is 0.0326. The van der Waals surface area contributed by atoms with Gasteiger partial charge in [-0.3, -0.25) is 9.48 Å². The first kappa shape index (κ1) is 18.4. The van der Waals surface area contributed by atoms with Gasteiger partial charge < -0.3 is 9.64 Å². The lowest BCUT2D eigenvalue weighted by atomic mass is 10.1. The highest BCUT2D eigenvalue weighted by Crippen LogP contribution is 2.17. The topological polar surface area (TPSA) is 47.4 Å². The predicted molar refractivity (Wildman–Crippen MR) is 103 cm³/mol. The molecular formula is C21H27N3O2. The van der Waals surface area contributed by atoms with Crippen LogP contribution in [-0.4, -0.2) is 46.4 Å². The summed E-state index contributed by atoms with van der Waals surface area (Å²) in [5.74, 6) is 0.0326. The molecule has 1 aromatic carbocycles. The van der Waals surface area contributed by atoms with E-state index in [0.717, 1.165) is 23.5 Å². The minimum absolute atomic E-state index is 0.0326. The highest BCUT2D eigenvalue weighted by Gasteiger charge is 2.19. The molecule has 1 saturated heterocycles. The number of aryl methyl sites for hydroxylation is 2. The molecule has 0 bridgehead atoms. The van der Waals surface area contributed by atoms with Crippen LogP contribution in [0.3, 0.4) is 0 Å². The van der Waals surface area contributed by atoms with E-state index < -0.39 is 0 Å². The molecule has 1 amide bonds. The summed E-state index contributed by atoms with van der Waals surface area (Å²) in [6.45, 7) is 10.7. The molecular weight excluding hydrogens is 326 g/mol. The molecule has 0 aliphatic carbocycles. The molecule has 5 nitrogen and oxygen atoms in total. The number of benzene rings is 1. The Morgan fingerprint density at radius 2 is 2.00 bits per heavy atom. The third-order valence-corrected chi connectivity index (χ3v) is 4.84. The van der Waals surface area contributed by atoms with Gasteiger partial charge in [0.2, 0.25) is 5.91 Å². The van der Waals surface area contributed by atoms with E-state index in [1.807, 2.05) is 29.5 Å². The van der Waals surface area contributed by atoms with Crippen molar-refractivity contribution in [1.82, 2.24) is 14.7 Å². The standard InChI is InChI=1S/C21H27N3O2/c1-15-5-7-19(8-6-15)14-24-18(4)20(17(3)22-24)9-10-21(25)23-11-12-26-16(2)13-23/h5-10,16H,11-14H2,1-4H3/b10-9+. The van der Waals surface area contributed by atoms with Crippen molar-refractivity contribution in [3.05, 3.63) is 58.4 Å². The number of amides is 1. The van der Waals surface area contributed by atoms with E-state index in [1.165, 1.54) is 11.1 Å². The van der Waals surface area contributed by atoms with Crippen molar-refractivity contribution in [2.75, 3.05) is 19.7 Å². The lowest BCUT2D eigenvalue weighted by Crippen LogP contribution is -2.43. The summed E-state index contributed by atoms with van der Waals surface area (Å²) in [6.07, 6.45) is 3.65. The van der Waals surface area contributed by atoms with Crippen molar-refractivity contribution >= 4 is 12.0 Å². The van der Waals surface area contributed by atoms with Gasteiger partial charge in [0.05, 0.1) is 24.9 Å². The molecule has 3 rings (SSSR count). The Morgan fingerprint density at radius 1 is 1.27 bits per heavy atom. The van der Waals surface area contributed by atoms with Crippen LogP contribution < -0.4 is 0 Å². The Balaban J connectivity index is 1.73. The number of ether oxygens (including phenoxy) is 1. The Labute approximate surface area is 155 Å². The molecule has 1 aromatic heterocycles. The minimum Gasteiger partial charge on any atom is -0.375 e. The third kappa shape index (κ3) is 4.22. The Morgan fingerprint density at radius 3 is 2.69 bits per heavy atom. The smallest absolute Gasteiger partial charge is 0.246 e. The van der Waals surface area contributed by atoms with Crippen molar-refractivity contribution in [2.45, 2.75) is 40.3 Å². The number of morpholine rings is 1. The molecule has 5 heteroatoms. The van der Waals surface area contributed by atoms with E-state index >= 15 is 0 Å². The molecule has 1 atom stereocenters. The van der Waals surface area contributed by atoms with Crippen molar-refractivity contribution in [3.63, 3.8) is 0 Å². The fourth-order valence-corrected chi connectivity index (χ4v) is 3.25. The van der Waals surface area contributed by atoms with Crippen LogP contribution in [0.4, 0.5) is 0 Å². The molecule has 138 valence electrons. The number of rotatable bonds is 4. The van der Waals surface area contributed by atoms with Crippen LogP contribution >= 0.6 is 0 Å². The fraction of sp³-hybridized carbons (Fsp3) is 0.429. The Bertz CT molecular complexity index is 805. The van der Waals surface area contributed by atoms with Gasteiger partial charge in [0, 0.05) is 30.4 Å². The van der Waals surface area contributed by atoms with Gasteiger partial charge in [-0.15, -0.1) is 0 Å². The number of aromatic nitrogens is 2. The van der Waals surface area contributed by atoms with Crippen LogP contribution in [0.15, 0.2) is 30.3 Å². The molecule has 2 aromatic rings. The molecule has 1 aliphatic heterocycles. The van der Waals surface area contributed by atoms with Crippen LogP contribution in [0.2, 0.25) is 0 Å². The van der Waals surface area contributed by atoms with E-state index in [0.29, 0.717) is 19.7 Å². The van der Waals surface area contributed by atoms with Gasteiger partial charge in [-0.1, -0.05) is 29.8 Å². The summed E-state index contributed by atoms with van der Waals surface area (Å²) in [5, 5.41) is 4.65. The van der Waals surface area contributed by atoms with Gasteiger partial charge in [-0.2, -0.15) is 5.10 Å². The molecule has 26 heavy (non-hydrogen) atoms. The number of hydrogen-bond acceptors (Lipinski definition) is 3. The SMILES string of the molecule is Cc1ccc(Cn2nc(C)c(/C=C/C(=O)N3CCOC(C)C3)c2C)cc1. The van der Waals surface area contributed by atoms with Gasteiger partial charge in [-0.05, 0) is 39.3 Å². The summed E-state index contributed by atoms with van der Waals surface area (Å²) in [6, 6.07) is 8.49. The van der Waals surface area contributed by atoms with Gasteiger partial charge >= 0.3 is 0 Å². The second kappa shape index (κ2) is 7.87. The van der Waals surface area contributed by atoms with Gasteiger partial charge in [0.25, 0.3) is 0 Å². The van der Waals surface area contributed by atoms with Crippen molar-refractivity contribution in [3.8, 4) is 0 Å². The number of nitrogens with zero attached hydrogens (tertiary/aromatic N) is 3. The van der Waals surface area contributed by atoms with Gasteiger partial charge in [-0.25, -0.2) is 0 Å². The maximum absolute atomic E-state index is 12.4. The zero-order valence-corrected chi connectivity index (χ0v) is 16.0. The molecule has 0 radical (unpaired) electrons. The fourth-order valence-electron chi connectivity index (χ4n) is 3.25. The summed E-state index contributed by atoms with van der Waals surface area (Å²) in [4.78, 5) is 14.3. The largest absolute Gasteiger partial charge is 0.375 e. The quantitative estimate of drug-likeness (QED) is 0.794. The van der Waals surface area contributed by atoms with Crippen LogP contribution in [0, 0.1) is 20.8 Å². The third-order valence-electron chi connectivity index (χ3n) is 4.84. The monoisotopic (exact) mass is 353 g/mol. The normalized spacial score (nSPS) is 17.8. The highest BCUT2D eigenvalue weighted by molar-refractivity contribution is 5.92. The highest BCUT2D eigenvalue weighted by atomic mass is 16.5. The number of carbonyl (C=O) groups is 1. The molecule has 1 fully saturated rings. The van der Waals surface area contributed by atoms with E-state index in [9.17, 15) is 4.79 Å². The van der Waals surface area contributed by atoms with Crippen LogP contribution in [0.1, 0.15) is 35.0 Å². The molecule has 1 aliphatic rings. The van der Waals surface area contributed by atoms with Gasteiger partial charge in [0.1, 0.15) is 0 Å². The maximum Gasteiger partial charge on any atom is 0.246 e. The summed E-state index contributed by atoms with van der Waals surface area (Å²) >= 11 is 0. The first-order valence-electron chi connectivity index (χ1n) is 9.12. The second-order valence-corrected chi connectivity index (χ2v) is 7.03. The second-order valence-electron chi connectivity index (χ2n) is 7.03. The van der Waals surface area contributed by atoms with Crippen molar-refractivity contribution < 1.29 is 9.53 Å². The van der Waals surface area contributed by atoms with E-state index in [2.05, 4.69) is 43.2 Å². The van der Waals surface area contributed by atoms with Crippen LogP contribution in [0.5, 0.6) is 0 Å². The average Bonchev–Trinajstić information content (AvgIpc) is 2.88. The van der Waals surface area contributed by atoms with Crippen molar-refractivity contribution in [1.29, 1.82) is 0 Å². The number of hydrogen-bond donors (Lipinski definition) is 0. The van der Waals surface area contributed by atoms with Crippen LogP contribution in [-0.2, 0) is 16.1 Å². The van der Waals surface area contributed by atoms with E-state index in [4.69, 9.17) is 4.74 Å². The summed E-state index contributed by atoms with van der Waals surface area (Å²) < 4.78 is 7.50. The Hall–Kier alpha value is -2.40. The van der Waals surface area contributed by atoms with Gasteiger partial charge in [0.15, 0.2) is 0 Å². The first-order chi connectivity index (χ1) is 12.4. The predicted octanol–water partition coefficient (Wildman–Crippen LogP) is 3.12. The van der Waals surface area contributed by atoms with Crippen molar-refractivity contribution in [2.24, 2.45) is 0 Å². The lowest BCUT2D eigenvalue weighted by Gasteiger charge is -2.30. The molecule has 0 N–H and O–H groups in total. The first-order valence-corrected chi connectivity index (χ1v) is 9.12. The number of carbonyl (C=O) groups excluding carboxylic acids is 1. The van der Waals surface area contributed by atoms with E-state index in [1.54, 1.807) is 6.08 Å². The molecule has 1 unspecified atom stereocenters.